The van der Waals surface area contributed by atoms with E-state index >= 15 is 0 Å². The van der Waals surface area contributed by atoms with E-state index in [2.05, 4.69) is 35.6 Å². The van der Waals surface area contributed by atoms with E-state index in [-0.39, 0.29) is 11.9 Å². The second-order valence-electron chi connectivity index (χ2n) is 5.23. The maximum absolute atomic E-state index is 11.9. The van der Waals surface area contributed by atoms with Crippen molar-refractivity contribution < 1.29 is 4.79 Å². The Kier molecular flexibility index (Phi) is 4.74. The predicted octanol–water partition coefficient (Wildman–Crippen LogP) is 3.14. The Balaban J connectivity index is 2.11. The van der Waals surface area contributed by atoms with Crippen molar-refractivity contribution in [1.29, 1.82) is 0 Å². The van der Waals surface area contributed by atoms with Gasteiger partial charge < -0.3 is 11.1 Å². The molecule has 3 heteroatoms. The lowest BCUT2D eigenvalue weighted by atomic mass is 10.0. The fourth-order valence-corrected chi connectivity index (χ4v) is 2.32. The molecule has 1 amide bonds. The first kappa shape index (κ1) is 14.5. The van der Waals surface area contributed by atoms with Crippen LogP contribution in [0.5, 0.6) is 0 Å². The molecular weight excluding hydrogens is 248 g/mol. The largest absolute Gasteiger partial charge is 0.348 e. The summed E-state index contributed by atoms with van der Waals surface area (Å²) in [6.45, 7) is 4.01. The van der Waals surface area contributed by atoms with E-state index in [1.54, 1.807) is 0 Å². The Morgan fingerprint density at radius 3 is 2.60 bits per heavy atom. The smallest absolute Gasteiger partial charge is 0.237 e. The summed E-state index contributed by atoms with van der Waals surface area (Å²) in [6.07, 6.45) is 1.63. The van der Waals surface area contributed by atoms with Crippen molar-refractivity contribution in [2.24, 2.45) is 5.73 Å². The van der Waals surface area contributed by atoms with Crippen molar-refractivity contribution in [3.05, 3.63) is 48.0 Å². The maximum Gasteiger partial charge on any atom is 0.237 e. The van der Waals surface area contributed by atoms with Crippen LogP contribution in [0.4, 0.5) is 0 Å². The third-order valence-corrected chi connectivity index (χ3v) is 3.57. The number of hydrogen-bond donors (Lipinski definition) is 2. The average molecular weight is 270 g/mol. The molecule has 0 saturated heterocycles. The molecule has 0 bridgehead atoms. The number of nitrogens with two attached hydrogens (primary N) is 1. The molecule has 2 aromatic rings. The molecule has 0 radical (unpaired) electrons. The van der Waals surface area contributed by atoms with Crippen LogP contribution in [0.2, 0.25) is 0 Å². The average Bonchev–Trinajstić information content (AvgIpc) is 2.46. The number of hydrogen-bond acceptors (Lipinski definition) is 2. The maximum atomic E-state index is 11.9. The molecule has 0 aliphatic rings. The molecule has 20 heavy (non-hydrogen) atoms. The van der Waals surface area contributed by atoms with Gasteiger partial charge in [0.25, 0.3) is 0 Å². The van der Waals surface area contributed by atoms with E-state index in [0.717, 1.165) is 18.4 Å². The molecule has 0 spiro atoms. The van der Waals surface area contributed by atoms with E-state index in [4.69, 9.17) is 5.73 Å². The van der Waals surface area contributed by atoms with Gasteiger partial charge in [0.2, 0.25) is 5.91 Å². The Morgan fingerprint density at radius 2 is 1.90 bits per heavy atom. The van der Waals surface area contributed by atoms with Crippen LogP contribution in [-0.4, -0.2) is 11.9 Å². The SMILES string of the molecule is CCCC(N)C(=O)NC(C)c1ccc2ccccc2c1. The van der Waals surface area contributed by atoms with Crippen molar-refractivity contribution in [1.82, 2.24) is 5.32 Å². The van der Waals surface area contributed by atoms with Crippen molar-refractivity contribution in [2.45, 2.75) is 38.8 Å². The second-order valence-corrected chi connectivity index (χ2v) is 5.23. The Morgan fingerprint density at radius 1 is 1.20 bits per heavy atom. The lowest BCUT2D eigenvalue weighted by molar-refractivity contribution is -0.123. The Bertz CT molecular complexity index is 594. The number of fused-ring (bicyclic) bond motifs is 1. The minimum atomic E-state index is -0.414. The fourth-order valence-electron chi connectivity index (χ4n) is 2.32. The second kappa shape index (κ2) is 6.53. The van der Waals surface area contributed by atoms with E-state index < -0.39 is 6.04 Å². The number of carbonyl (C=O) groups is 1. The van der Waals surface area contributed by atoms with E-state index in [1.807, 2.05) is 26.0 Å². The van der Waals surface area contributed by atoms with Crippen LogP contribution in [0.3, 0.4) is 0 Å². The molecule has 3 nitrogen and oxygen atoms in total. The molecule has 2 aromatic carbocycles. The van der Waals surface area contributed by atoms with E-state index in [1.165, 1.54) is 10.8 Å². The highest BCUT2D eigenvalue weighted by Gasteiger charge is 2.15. The Labute approximate surface area is 120 Å². The molecule has 0 aromatic heterocycles. The molecule has 0 fully saturated rings. The van der Waals surface area contributed by atoms with Gasteiger partial charge in [-0.25, -0.2) is 0 Å². The Hall–Kier alpha value is -1.87. The van der Waals surface area contributed by atoms with Gasteiger partial charge in [-0.05, 0) is 35.7 Å². The van der Waals surface area contributed by atoms with Crippen LogP contribution in [0.25, 0.3) is 10.8 Å². The normalized spacial score (nSPS) is 13.9. The van der Waals surface area contributed by atoms with Gasteiger partial charge >= 0.3 is 0 Å². The van der Waals surface area contributed by atoms with E-state index in [9.17, 15) is 4.79 Å². The van der Waals surface area contributed by atoms with Gasteiger partial charge in [0.15, 0.2) is 0 Å². The predicted molar refractivity (Wildman–Crippen MR) is 83.4 cm³/mol. The minimum absolute atomic E-state index is 0.0324. The molecule has 2 unspecified atom stereocenters. The van der Waals surface area contributed by atoms with Crippen LogP contribution in [0, 0.1) is 0 Å². The highest BCUT2D eigenvalue weighted by molar-refractivity contribution is 5.84. The van der Waals surface area contributed by atoms with Gasteiger partial charge in [0.1, 0.15) is 0 Å². The summed E-state index contributed by atoms with van der Waals surface area (Å²) >= 11 is 0. The fraction of sp³-hybridized carbons (Fsp3) is 0.353. The third-order valence-electron chi connectivity index (χ3n) is 3.57. The van der Waals surface area contributed by atoms with Gasteiger partial charge in [0.05, 0.1) is 12.1 Å². The zero-order chi connectivity index (χ0) is 14.5. The van der Waals surface area contributed by atoms with Crippen molar-refractivity contribution >= 4 is 16.7 Å². The monoisotopic (exact) mass is 270 g/mol. The number of nitrogens with one attached hydrogen (secondary N) is 1. The zero-order valence-electron chi connectivity index (χ0n) is 12.1. The molecule has 0 aliphatic carbocycles. The molecule has 2 atom stereocenters. The molecule has 3 N–H and O–H groups in total. The number of benzene rings is 2. The topological polar surface area (TPSA) is 55.1 Å². The van der Waals surface area contributed by atoms with Crippen LogP contribution < -0.4 is 11.1 Å². The van der Waals surface area contributed by atoms with Crippen LogP contribution in [0.15, 0.2) is 42.5 Å². The highest BCUT2D eigenvalue weighted by atomic mass is 16.2. The lowest BCUT2D eigenvalue weighted by Crippen LogP contribution is -2.41. The van der Waals surface area contributed by atoms with Gasteiger partial charge in [0, 0.05) is 0 Å². The van der Waals surface area contributed by atoms with Gasteiger partial charge in [-0.15, -0.1) is 0 Å². The quantitative estimate of drug-likeness (QED) is 0.877. The summed E-state index contributed by atoms with van der Waals surface area (Å²) in [6, 6.07) is 14.0. The molecule has 0 aliphatic heterocycles. The van der Waals surface area contributed by atoms with Crippen LogP contribution in [0.1, 0.15) is 38.3 Å². The number of carbonyl (C=O) groups excluding carboxylic acids is 1. The molecule has 106 valence electrons. The van der Waals surface area contributed by atoms with Crippen molar-refractivity contribution in [3.63, 3.8) is 0 Å². The van der Waals surface area contributed by atoms with Gasteiger partial charge in [-0.1, -0.05) is 49.7 Å². The third kappa shape index (κ3) is 3.36. The summed E-state index contributed by atoms with van der Waals surface area (Å²) in [5.74, 6) is -0.0764. The van der Waals surface area contributed by atoms with E-state index in [0.29, 0.717) is 0 Å². The number of amides is 1. The summed E-state index contributed by atoms with van der Waals surface area (Å²) in [5.41, 5.74) is 6.93. The van der Waals surface area contributed by atoms with Crippen molar-refractivity contribution in [3.8, 4) is 0 Å². The highest BCUT2D eigenvalue weighted by Crippen LogP contribution is 2.20. The van der Waals surface area contributed by atoms with Gasteiger partial charge in [-0.2, -0.15) is 0 Å². The van der Waals surface area contributed by atoms with Crippen molar-refractivity contribution in [2.75, 3.05) is 0 Å². The molecular formula is C17H22N2O. The first-order valence-electron chi connectivity index (χ1n) is 7.16. The first-order valence-corrected chi connectivity index (χ1v) is 7.16. The minimum Gasteiger partial charge on any atom is -0.348 e. The molecule has 0 heterocycles. The lowest BCUT2D eigenvalue weighted by Gasteiger charge is -2.18. The summed E-state index contributed by atoms with van der Waals surface area (Å²) in [5, 5.41) is 5.37. The van der Waals surface area contributed by atoms with Crippen LogP contribution in [-0.2, 0) is 4.79 Å². The number of rotatable bonds is 5. The zero-order valence-corrected chi connectivity index (χ0v) is 12.1. The summed E-state index contributed by atoms with van der Waals surface area (Å²) < 4.78 is 0. The standard InChI is InChI=1S/C17H22N2O/c1-3-6-16(18)17(20)19-12(2)14-10-9-13-7-4-5-8-15(13)11-14/h4-5,7-12,16H,3,6,18H2,1-2H3,(H,19,20). The molecule has 2 rings (SSSR count). The van der Waals surface area contributed by atoms with Gasteiger partial charge in [-0.3, -0.25) is 4.79 Å². The summed E-state index contributed by atoms with van der Waals surface area (Å²) in [7, 11) is 0. The molecule has 0 saturated carbocycles. The summed E-state index contributed by atoms with van der Waals surface area (Å²) in [4.78, 5) is 11.9. The van der Waals surface area contributed by atoms with Crippen LogP contribution >= 0.6 is 0 Å². The first-order chi connectivity index (χ1) is 9.61.